The van der Waals surface area contributed by atoms with Gasteiger partial charge in [-0.1, -0.05) is 61.6 Å². The lowest BCUT2D eigenvalue weighted by atomic mass is 9.92. The van der Waals surface area contributed by atoms with Crippen molar-refractivity contribution in [1.82, 2.24) is 4.90 Å². The second-order valence-corrected chi connectivity index (χ2v) is 6.47. The maximum absolute atomic E-state index is 12.4. The van der Waals surface area contributed by atoms with Crippen molar-refractivity contribution in [3.8, 4) is 0 Å². The lowest BCUT2D eigenvalue weighted by Gasteiger charge is -2.37. The summed E-state index contributed by atoms with van der Waals surface area (Å²) in [5, 5.41) is 11.3. The van der Waals surface area contributed by atoms with E-state index in [1.807, 2.05) is 13.0 Å². The molecule has 128 valence electrons. The molecule has 2 atom stereocenters. The normalized spacial score (nSPS) is 27.7. The van der Waals surface area contributed by atoms with Gasteiger partial charge in [0.15, 0.2) is 5.72 Å². The Labute approximate surface area is 145 Å². The first kappa shape index (κ1) is 18.2. The van der Waals surface area contributed by atoms with Gasteiger partial charge >= 0.3 is 0 Å². The third kappa shape index (κ3) is 3.51. The van der Waals surface area contributed by atoms with Gasteiger partial charge in [-0.05, 0) is 38.2 Å². The Kier molecular flexibility index (Phi) is 5.79. The number of hydrogen-bond acceptors (Lipinski definition) is 2. The lowest BCUT2D eigenvalue weighted by molar-refractivity contribution is -0.137. The van der Waals surface area contributed by atoms with E-state index in [0.29, 0.717) is 23.6 Å². The summed E-state index contributed by atoms with van der Waals surface area (Å²) in [4.78, 5) is 14.0. The first-order chi connectivity index (χ1) is 11.4. The number of hydrogen-bond donors (Lipinski definition) is 1. The predicted octanol–water partition coefficient (Wildman–Crippen LogP) is 4.06. The fourth-order valence-corrected chi connectivity index (χ4v) is 3.35. The molecule has 1 amide bonds. The van der Waals surface area contributed by atoms with Gasteiger partial charge in [-0.3, -0.25) is 4.79 Å². The van der Waals surface area contributed by atoms with Crippen molar-refractivity contribution in [1.29, 1.82) is 0 Å². The monoisotopic (exact) mass is 325 g/mol. The number of nitrogens with zero attached hydrogens (tertiary/aromatic N) is 1. The first-order valence-electron chi connectivity index (χ1n) is 8.48. The molecule has 3 nitrogen and oxygen atoms in total. The van der Waals surface area contributed by atoms with Crippen LogP contribution in [0.5, 0.6) is 0 Å². The Morgan fingerprint density at radius 1 is 1.54 bits per heavy atom. The van der Waals surface area contributed by atoms with E-state index in [1.165, 1.54) is 11.6 Å². The van der Waals surface area contributed by atoms with Gasteiger partial charge in [0.05, 0.1) is 0 Å². The largest absolute Gasteiger partial charge is 0.363 e. The van der Waals surface area contributed by atoms with Gasteiger partial charge in [0, 0.05) is 18.2 Å². The Hall–Kier alpha value is -2.13. The zero-order chi connectivity index (χ0) is 17.7. The Morgan fingerprint density at radius 2 is 2.29 bits per heavy atom. The molecule has 0 bridgehead atoms. The summed E-state index contributed by atoms with van der Waals surface area (Å²) >= 11 is 0. The minimum Gasteiger partial charge on any atom is -0.363 e. The molecule has 3 heteroatoms. The summed E-state index contributed by atoms with van der Waals surface area (Å²) in [6.07, 6.45) is 16.8. The summed E-state index contributed by atoms with van der Waals surface area (Å²) in [6, 6.07) is 0. The standard InChI is InChI=1S/C21H27NO2/c1-5-7-11-19(6-2)21(24)17(4)15-20(23)22(21)13-12-18-10-8-9-16(3)14-18/h5-11,15-16,24H,1,12-14H2,2-4H3. The van der Waals surface area contributed by atoms with Crippen LogP contribution in [-0.4, -0.2) is 28.2 Å². The topological polar surface area (TPSA) is 40.5 Å². The lowest BCUT2D eigenvalue weighted by Crippen LogP contribution is -2.49. The van der Waals surface area contributed by atoms with Gasteiger partial charge in [-0.2, -0.15) is 0 Å². The molecule has 0 saturated heterocycles. The summed E-state index contributed by atoms with van der Waals surface area (Å²) in [7, 11) is 0. The summed E-state index contributed by atoms with van der Waals surface area (Å²) in [5.74, 6) is 0.390. The minimum atomic E-state index is -1.37. The van der Waals surface area contributed by atoms with Crippen molar-refractivity contribution in [2.24, 2.45) is 5.92 Å². The molecular formula is C21H27NO2. The van der Waals surface area contributed by atoms with Crippen LogP contribution in [0.15, 0.2) is 71.9 Å². The van der Waals surface area contributed by atoms with E-state index in [9.17, 15) is 9.90 Å². The zero-order valence-electron chi connectivity index (χ0n) is 14.8. The van der Waals surface area contributed by atoms with Crippen LogP contribution in [0.25, 0.3) is 0 Å². The van der Waals surface area contributed by atoms with Gasteiger partial charge < -0.3 is 10.0 Å². The van der Waals surface area contributed by atoms with E-state index in [1.54, 1.807) is 30.1 Å². The number of aliphatic hydroxyl groups is 1. The molecule has 2 unspecified atom stereocenters. The fraction of sp³-hybridized carbons (Fsp3) is 0.381. The second kappa shape index (κ2) is 7.63. The summed E-state index contributed by atoms with van der Waals surface area (Å²) in [6.45, 7) is 10.0. The molecule has 0 saturated carbocycles. The van der Waals surface area contributed by atoms with E-state index in [-0.39, 0.29) is 5.91 Å². The number of carbonyl (C=O) groups is 1. The average molecular weight is 325 g/mol. The molecule has 2 rings (SSSR count). The molecule has 1 heterocycles. The van der Waals surface area contributed by atoms with E-state index in [2.05, 4.69) is 31.7 Å². The molecule has 0 aromatic heterocycles. The first-order valence-corrected chi connectivity index (χ1v) is 8.48. The Balaban J connectivity index is 2.22. The molecule has 0 aromatic rings. The van der Waals surface area contributed by atoms with Crippen LogP contribution in [0.3, 0.4) is 0 Å². The van der Waals surface area contributed by atoms with Crippen molar-refractivity contribution in [3.05, 3.63) is 71.9 Å². The van der Waals surface area contributed by atoms with E-state index in [4.69, 9.17) is 0 Å². The third-order valence-corrected chi connectivity index (χ3v) is 4.68. The molecule has 24 heavy (non-hydrogen) atoms. The predicted molar refractivity (Wildman–Crippen MR) is 99.1 cm³/mol. The highest BCUT2D eigenvalue weighted by atomic mass is 16.3. The summed E-state index contributed by atoms with van der Waals surface area (Å²) in [5.41, 5.74) is 1.28. The van der Waals surface area contributed by atoms with Crippen LogP contribution in [0.1, 0.15) is 33.6 Å². The Bertz CT molecular complexity index is 663. The second-order valence-electron chi connectivity index (χ2n) is 6.47. The van der Waals surface area contributed by atoms with Crippen LogP contribution in [0.2, 0.25) is 0 Å². The molecule has 1 aliphatic heterocycles. The number of allylic oxidation sites excluding steroid dienone is 6. The molecule has 2 aliphatic rings. The number of rotatable bonds is 6. The van der Waals surface area contributed by atoms with Crippen molar-refractivity contribution in [2.75, 3.05) is 6.54 Å². The molecule has 0 spiro atoms. The van der Waals surface area contributed by atoms with Gasteiger partial charge in [-0.25, -0.2) is 0 Å². The highest BCUT2D eigenvalue weighted by Gasteiger charge is 2.45. The van der Waals surface area contributed by atoms with E-state index in [0.717, 1.165) is 12.8 Å². The highest BCUT2D eigenvalue weighted by Crippen LogP contribution is 2.36. The van der Waals surface area contributed by atoms with Crippen molar-refractivity contribution in [3.63, 3.8) is 0 Å². The number of carbonyl (C=O) groups excluding carboxylic acids is 1. The smallest absolute Gasteiger partial charge is 0.249 e. The molecule has 1 aliphatic carbocycles. The van der Waals surface area contributed by atoms with Crippen LogP contribution >= 0.6 is 0 Å². The maximum atomic E-state index is 12.4. The van der Waals surface area contributed by atoms with E-state index >= 15 is 0 Å². The SMILES string of the molecule is C=CC=CC(=CC)C1(O)C(C)=CC(=O)N1CCC1=CC=CC(C)C1. The Morgan fingerprint density at radius 3 is 2.92 bits per heavy atom. The zero-order valence-corrected chi connectivity index (χ0v) is 14.8. The third-order valence-electron chi connectivity index (χ3n) is 4.68. The fourth-order valence-electron chi connectivity index (χ4n) is 3.35. The van der Waals surface area contributed by atoms with Gasteiger partial charge in [-0.15, -0.1) is 0 Å². The molecule has 0 radical (unpaired) electrons. The van der Waals surface area contributed by atoms with Crippen LogP contribution < -0.4 is 0 Å². The minimum absolute atomic E-state index is 0.138. The van der Waals surface area contributed by atoms with Crippen molar-refractivity contribution in [2.45, 2.75) is 39.3 Å². The van der Waals surface area contributed by atoms with Gasteiger partial charge in [0.2, 0.25) is 5.91 Å². The van der Waals surface area contributed by atoms with E-state index < -0.39 is 5.72 Å². The average Bonchev–Trinajstić information content (AvgIpc) is 2.76. The molecule has 0 aromatic carbocycles. The van der Waals surface area contributed by atoms with Crippen molar-refractivity contribution >= 4 is 5.91 Å². The quantitative estimate of drug-likeness (QED) is 0.748. The van der Waals surface area contributed by atoms with Gasteiger partial charge in [0.1, 0.15) is 0 Å². The van der Waals surface area contributed by atoms with Crippen LogP contribution in [-0.2, 0) is 4.79 Å². The molecule has 0 fully saturated rings. The number of amides is 1. The van der Waals surface area contributed by atoms with Crippen molar-refractivity contribution < 1.29 is 9.90 Å². The highest BCUT2D eigenvalue weighted by molar-refractivity contribution is 5.93. The maximum Gasteiger partial charge on any atom is 0.249 e. The van der Waals surface area contributed by atoms with Crippen LogP contribution in [0, 0.1) is 5.92 Å². The summed E-state index contributed by atoms with van der Waals surface area (Å²) < 4.78 is 0. The molecule has 1 N–H and O–H groups in total. The van der Waals surface area contributed by atoms with Gasteiger partial charge in [0.25, 0.3) is 0 Å². The van der Waals surface area contributed by atoms with Crippen LogP contribution in [0.4, 0.5) is 0 Å². The molecular weight excluding hydrogens is 298 g/mol.